The zero-order chi connectivity index (χ0) is 13.9. The molecule has 0 aliphatic rings. The molecule has 0 unspecified atom stereocenters. The number of nitrogens with two attached hydrogens (primary N) is 1. The Balaban J connectivity index is 1.82. The van der Waals surface area contributed by atoms with Crippen LogP contribution in [-0.2, 0) is 4.74 Å². The molecule has 0 radical (unpaired) electrons. The Kier molecular flexibility index (Phi) is 4.20. The summed E-state index contributed by atoms with van der Waals surface area (Å²) in [6.07, 6.45) is -4.29. The van der Waals surface area contributed by atoms with Gasteiger partial charge in [-0.05, 0) is 18.2 Å². The first-order valence-electron chi connectivity index (χ1n) is 5.37. The van der Waals surface area contributed by atoms with Gasteiger partial charge in [0.2, 0.25) is 0 Å². The van der Waals surface area contributed by atoms with Crippen LogP contribution in [0.4, 0.5) is 18.9 Å². The number of aromatic nitrogens is 1. The van der Waals surface area contributed by atoms with Crippen LogP contribution in [0, 0.1) is 0 Å². The highest BCUT2D eigenvalue weighted by molar-refractivity contribution is 7.99. The van der Waals surface area contributed by atoms with Gasteiger partial charge in [-0.2, -0.15) is 13.2 Å². The zero-order valence-electron chi connectivity index (χ0n) is 9.74. The van der Waals surface area contributed by atoms with Crippen molar-refractivity contribution in [1.82, 2.24) is 4.98 Å². The van der Waals surface area contributed by atoms with Gasteiger partial charge >= 0.3 is 6.18 Å². The number of nitrogens with zero attached hydrogens (tertiary/aromatic N) is 1. The number of hydrogen-bond donors (Lipinski definition) is 1. The van der Waals surface area contributed by atoms with E-state index in [1.165, 1.54) is 11.8 Å². The van der Waals surface area contributed by atoms with Crippen molar-refractivity contribution in [3.05, 3.63) is 18.2 Å². The lowest BCUT2D eigenvalue weighted by atomic mass is 10.3. The van der Waals surface area contributed by atoms with E-state index in [1.807, 2.05) is 0 Å². The standard InChI is InChI=1S/C11H11F3N2O2S/c12-11(13,14)6-17-3-4-19-10-16-8-5-7(15)1-2-9(8)18-10/h1-2,5H,3-4,6,15H2. The molecule has 4 nitrogen and oxygen atoms in total. The van der Waals surface area contributed by atoms with Gasteiger partial charge in [-0.25, -0.2) is 4.98 Å². The number of hydrogen-bond acceptors (Lipinski definition) is 5. The summed E-state index contributed by atoms with van der Waals surface area (Å²) in [6, 6.07) is 5.05. The Morgan fingerprint density at radius 2 is 2.16 bits per heavy atom. The van der Waals surface area contributed by atoms with E-state index in [9.17, 15) is 13.2 Å². The summed E-state index contributed by atoms with van der Waals surface area (Å²) in [7, 11) is 0. The van der Waals surface area contributed by atoms with Crippen LogP contribution in [0.5, 0.6) is 0 Å². The summed E-state index contributed by atoms with van der Waals surface area (Å²) in [6.45, 7) is -1.26. The van der Waals surface area contributed by atoms with Gasteiger partial charge in [0.15, 0.2) is 5.58 Å². The summed E-state index contributed by atoms with van der Waals surface area (Å²) in [4.78, 5) is 4.16. The molecule has 1 aromatic carbocycles. The van der Waals surface area contributed by atoms with Crippen LogP contribution < -0.4 is 5.73 Å². The highest BCUT2D eigenvalue weighted by Crippen LogP contribution is 2.24. The molecule has 0 fully saturated rings. The van der Waals surface area contributed by atoms with Crippen LogP contribution in [-0.4, -0.2) is 30.1 Å². The van der Waals surface area contributed by atoms with E-state index in [4.69, 9.17) is 10.2 Å². The molecule has 1 aromatic heterocycles. The maximum Gasteiger partial charge on any atom is 0.411 e. The second-order valence-corrected chi connectivity index (χ2v) is 4.77. The summed E-state index contributed by atoms with van der Waals surface area (Å²) >= 11 is 1.19. The van der Waals surface area contributed by atoms with Crippen molar-refractivity contribution in [2.45, 2.75) is 11.4 Å². The topological polar surface area (TPSA) is 61.3 Å². The molecule has 0 bridgehead atoms. The maximum atomic E-state index is 11.8. The van der Waals surface area contributed by atoms with Crippen LogP contribution in [0.15, 0.2) is 27.8 Å². The molecular formula is C11H11F3N2O2S. The van der Waals surface area contributed by atoms with Gasteiger partial charge in [0.1, 0.15) is 12.1 Å². The molecule has 2 N–H and O–H groups in total. The van der Waals surface area contributed by atoms with Crippen molar-refractivity contribution in [2.24, 2.45) is 0 Å². The zero-order valence-corrected chi connectivity index (χ0v) is 10.6. The van der Waals surface area contributed by atoms with Crippen LogP contribution in [0.1, 0.15) is 0 Å². The Labute approximate surface area is 111 Å². The van der Waals surface area contributed by atoms with Crippen molar-refractivity contribution in [1.29, 1.82) is 0 Å². The Bertz CT molecular complexity index is 556. The second kappa shape index (κ2) is 5.70. The highest BCUT2D eigenvalue weighted by atomic mass is 32.2. The molecule has 0 aliphatic heterocycles. The molecule has 0 saturated carbocycles. The predicted molar refractivity (Wildman–Crippen MR) is 66.0 cm³/mol. The molecule has 1 heterocycles. The molecular weight excluding hydrogens is 281 g/mol. The van der Waals surface area contributed by atoms with E-state index in [-0.39, 0.29) is 6.61 Å². The third-order valence-electron chi connectivity index (χ3n) is 2.11. The third kappa shape index (κ3) is 4.32. The number of fused-ring (bicyclic) bond motifs is 1. The van der Waals surface area contributed by atoms with Gasteiger partial charge in [-0.15, -0.1) is 0 Å². The number of benzene rings is 1. The van der Waals surface area contributed by atoms with Crippen molar-refractivity contribution >= 4 is 28.5 Å². The smallest absolute Gasteiger partial charge is 0.411 e. The number of oxazole rings is 1. The van der Waals surface area contributed by atoms with E-state index >= 15 is 0 Å². The molecule has 0 saturated heterocycles. The molecule has 0 spiro atoms. The number of halogens is 3. The molecule has 0 amide bonds. The summed E-state index contributed by atoms with van der Waals surface area (Å²) < 4.78 is 45.3. The number of nitrogen functional groups attached to an aromatic ring is 1. The third-order valence-corrected chi connectivity index (χ3v) is 2.90. The molecule has 0 atom stereocenters. The van der Waals surface area contributed by atoms with E-state index in [0.717, 1.165) is 0 Å². The van der Waals surface area contributed by atoms with Crippen molar-refractivity contribution in [3.63, 3.8) is 0 Å². The molecule has 0 aliphatic carbocycles. The van der Waals surface area contributed by atoms with E-state index in [0.29, 0.717) is 27.8 Å². The van der Waals surface area contributed by atoms with Crippen molar-refractivity contribution in [3.8, 4) is 0 Å². The Morgan fingerprint density at radius 3 is 2.89 bits per heavy atom. The van der Waals surface area contributed by atoms with Crippen LogP contribution in [0.2, 0.25) is 0 Å². The van der Waals surface area contributed by atoms with E-state index in [1.54, 1.807) is 18.2 Å². The first-order chi connectivity index (χ1) is 8.94. The average Bonchev–Trinajstić information content (AvgIpc) is 2.68. The molecule has 104 valence electrons. The molecule has 8 heteroatoms. The van der Waals surface area contributed by atoms with Gasteiger partial charge in [0.05, 0.1) is 6.61 Å². The summed E-state index contributed by atoms with van der Waals surface area (Å²) in [5.74, 6) is 0.332. The fourth-order valence-electron chi connectivity index (χ4n) is 1.36. The van der Waals surface area contributed by atoms with Crippen LogP contribution >= 0.6 is 11.8 Å². The minimum atomic E-state index is -4.29. The van der Waals surface area contributed by atoms with Crippen molar-refractivity contribution in [2.75, 3.05) is 24.7 Å². The van der Waals surface area contributed by atoms with Gasteiger partial charge in [-0.3, -0.25) is 0 Å². The average molecular weight is 292 g/mol. The van der Waals surface area contributed by atoms with Gasteiger partial charge in [0.25, 0.3) is 5.22 Å². The first kappa shape index (κ1) is 14.0. The molecule has 2 rings (SSSR count). The maximum absolute atomic E-state index is 11.8. The minimum Gasteiger partial charge on any atom is -0.431 e. The SMILES string of the molecule is Nc1ccc2oc(SCCOCC(F)(F)F)nc2c1. The van der Waals surface area contributed by atoms with Crippen LogP contribution in [0.25, 0.3) is 11.1 Å². The quantitative estimate of drug-likeness (QED) is 0.521. The fraction of sp³-hybridized carbons (Fsp3) is 0.364. The lowest BCUT2D eigenvalue weighted by Crippen LogP contribution is -2.17. The molecule has 19 heavy (non-hydrogen) atoms. The number of ether oxygens (including phenoxy) is 1. The van der Waals surface area contributed by atoms with Crippen LogP contribution in [0.3, 0.4) is 0 Å². The van der Waals surface area contributed by atoms with E-state index < -0.39 is 12.8 Å². The lowest BCUT2D eigenvalue weighted by molar-refractivity contribution is -0.172. The fourth-order valence-corrected chi connectivity index (χ4v) is 2.05. The molecule has 2 aromatic rings. The highest BCUT2D eigenvalue weighted by Gasteiger charge is 2.27. The first-order valence-corrected chi connectivity index (χ1v) is 6.36. The van der Waals surface area contributed by atoms with Crippen molar-refractivity contribution < 1.29 is 22.3 Å². The minimum absolute atomic E-state index is 0.0228. The normalized spacial score (nSPS) is 12.2. The van der Waals surface area contributed by atoms with Gasteiger partial charge < -0.3 is 14.9 Å². The number of rotatable bonds is 5. The largest absolute Gasteiger partial charge is 0.431 e. The number of anilines is 1. The van der Waals surface area contributed by atoms with Gasteiger partial charge in [-0.1, -0.05) is 11.8 Å². The Hall–Kier alpha value is -1.41. The predicted octanol–water partition coefficient (Wildman–Crippen LogP) is 3.08. The number of thioether (sulfide) groups is 1. The summed E-state index contributed by atoms with van der Waals surface area (Å²) in [5.41, 5.74) is 7.39. The number of alkyl halides is 3. The second-order valence-electron chi connectivity index (χ2n) is 3.72. The van der Waals surface area contributed by atoms with Gasteiger partial charge in [0, 0.05) is 11.4 Å². The Morgan fingerprint density at radius 1 is 1.37 bits per heavy atom. The lowest BCUT2D eigenvalue weighted by Gasteiger charge is -2.06. The summed E-state index contributed by atoms with van der Waals surface area (Å²) in [5, 5.41) is 0.385. The van der Waals surface area contributed by atoms with E-state index in [2.05, 4.69) is 9.72 Å². The monoisotopic (exact) mass is 292 g/mol.